The van der Waals surface area contributed by atoms with Gasteiger partial charge in [-0.25, -0.2) is 9.97 Å². The van der Waals surface area contributed by atoms with Crippen LogP contribution >= 0.6 is 22.7 Å². The molecule has 7 heteroatoms. The molecular formula is C13H17N3O2S2. The van der Waals surface area contributed by atoms with Gasteiger partial charge in [-0.1, -0.05) is 0 Å². The third kappa shape index (κ3) is 4.57. The fourth-order valence-electron chi connectivity index (χ4n) is 1.65. The van der Waals surface area contributed by atoms with Crippen LogP contribution in [-0.4, -0.2) is 29.1 Å². The molecule has 0 unspecified atom stereocenters. The maximum atomic E-state index is 11.3. The van der Waals surface area contributed by atoms with Crippen LogP contribution in [0.1, 0.15) is 23.3 Å². The molecule has 0 spiro atoms. The molecule has 1 N–H and O–H groups in total. The Balaban J connectivity index is 1.76. The van der Waals surface area contributed by atoms with Crippen molar-refractivity contribution in [2.24, 2.45) is 0 Å². The zero-order valence-electron chi connectivity index (χ0n) is 11.5. The van der Waals surface area contributed by atoms with E-state index in [1.807, 2.05) is 12.3 Å². The maximum absolute atomic E-state index is 11.3. The van der Waals surface area contributed by atoms with E-state index in [1.165, 1.54) is 11.3 Å². The first-order chi connectivity index (χ1) is 9.67. The van der Waals surface area contributed by atoms with Crippen molar-refractivity contribution in [3.8, 4) is 0 Å². The van der Waals surface area contributed by atoms with Gasteiger partial charge in [0.05, 0.1) is 29.4 Å². The summed E-state index contributed by atoms with van der Waals surface area (Å²) in [5, 5.41) is 9.12. The Morgan fingerprint density at radius 3 is 2.80 bits per heavy atom. The number of anilines is 1. The molecule has 2 aromatic rings. The van der Waals surface area contributed by atoms with E-state index in [1.54, 1.807) is 18.3 Å². The first-order valence-corrected chi connectivity index (χ1v) is 8.18. The number of hydrogen-bond donors (Lipinski definition) is 1. The van der Waals surface area contributed by atoms with Crippen LogP contribution in [-0.2, 0) is 22.4 Å². The summed E-state index contributed by atoms with van der Waals surface area (Å²) in [4.78, 5) is 20.1. The first-order valence-electron chi connectivity index (χ1n) is 6.42. The molecule has 2 heterocycles. The number of ether oxygens (including phenoxy) is 1. The van der Waals surface area contributed by atoms with Gasteiger partial charge in [-0.05, 0) is 13.8 Å². The van der Waals surface area contributed by atoms with E-state index < -0.39 is 0 Å². The Labute approximate surface area is 126 Å². The number of nitrogens with zero attached hydrogens (tertiary/aromatic N) is 2. The van der Waals surface area contributed by atoms with Crippen LogP contribution in [0.3, 0.4) is 0 Å². The molecule has 0 aromatic carbocycles. The van der Waals surface area contributed by atoms with Crippen LogP contribution in [0.4, 0.5) is 5.13 Å². The Kier molecular flexibility index (Phi) is 5.49. The van der Waals surface area contributed by atoms with Crippen LogP contribution in [0.2, 0.25) is 0 Å². The van der Waals surface area contributed by atoms with E-state index in [0.717, 1.165) is 34.5 Å². The Hall–Kier alpha value is -1.47. The lowest BCUT2D eigenvalue weighted by Gasteiger charge is -2.00. The van der Waals surface area contributed by atoms with Gasteiger partial charge >= 0.3 is 5.97 Å². The molecule has 0 aliphatic rings. The second-order valence-corrected chi connectivity index (χ2v) is 6.08. The number of aromatic nitrogens is 2. The summed E-state index contributed by atoms with van der Waals surface area (Å²) in [6, 6.07) is 0. The van der Waals surface area contributed by atoms with Crippen molar-refractivity contribution in [1.82, 2.24) is 9.97 Å². The van der Waals surface area contributed by atoms with Crippen molar-refractivity contribution in [2.45, 2.75) is 26.7 Å². The number of hydrogen-bond acceptors (Lipinski definition) is 7. The summed E-state index contributed by atoms with van der Waals surface area (Å²) in [5.41, 5.74) is 1.85. The van der Waals surface area contributed by atoms with Gasteiger partial charge in [0.1, 0.15) is 0 Å². The van der Waals surface area contributed by atoms with Crippen molar-refractivity contribution in [3.05, 3.63) is 27.2 Å². The van der Waals surface area contributed by atoms with Crippen LogP contribution < -0.4 is 5.32 Å². The van der Waals surface area contributed by atoms with Crippen molar-refractivity contribution < 1.29 is 9.53 Å². The molecule has 2 rings (SSSR count). The predicted octanol–water partition coefficient (Wildman–Crippen LogP) is 2.67. The monoisotopic (exact) mass is 311 g/mol. The molecular weight excluding hydrogens is 294 g/mol. The second-order valence-electron chi connectivity index (χ2n) is 4.16. The van der Waals surface area contributed by atoms with Crippen molar-refractivity contribution in [2.75, 3.05) is 18.5 Å². The molecule has 0 atom stereocenters. The van der Waals surface area contributed by atoms with Crippen molar-refractivity contribution >= 4 is 33.8 Å². The number of rotatable bonds is 7. The Morgan fingerprint density at radius 2 is 2.10 bits per heavy atom. The molecule has 0 saturated carbocycles. The highest BCUT2D eigenvalue weighted by molar-refractivity contribution is 7.13. The third-order valence-corrected chi connectivity index (χ3v) is 4.18. The van der Waals surface area contributed by atoms with Gasteiger partial charge in [-0.2, -0.15) is 0 Å². The summed E-state index contributed by atoms with van der Waals surface area (Å²) in [6.07, 6.45) is 1.11. The molecule has 108 valence electrons. The van der Waals surface area contributed by atoms with Gasteiger partial charge in [-0.3, -0.25) is 4.79 Å². The zero-order valence-corrected chi connectivity index (χ0v) is 13.1. The summed E-state index contributed by atoms with van der Waals surface area (Å²) < 4.78 is 4.89. The molecule has 5 nitrogen and oxygen atoms in total. The molecule has 0 aliphatic carbocycles. The topological polar surface area (TPSA) is 64.1 Å². The average molecular weight is 311 g/mol. The summed E-state index contributed by atoms with van der Waals surface area (Å²) >= 11 is 3.17. The molecule has 0 saturated heterocycles. The molecule has 2 aromatic heterocycles. The van der Waals surface area contributed by atoms with E-state index >= 15 is 0 Å². The Morgan fingerprint density at radius 1 is 1.30 bits per heavy atom. The first kappa shape index (κ1) is 14.9. The fourth-order valence-corrected chi connectivity index (χ4v) is 3.04. The summed E-state index contributed by atoms with van der Waals surface area (Å²) in [5.74, 6) is -0.234. The molecule has 0 fully saturated rings. The van der Waals surface area contributed by atoms with E-state index in [-0.39, 0.29) is 12.4 Å². The molecule has 0 aliphatic heterocycles. The quantitative estimate of drug-likeness (QED) is 0.796. The average Bonchev–Trinajstić information content (AvgIpc) is 3.00. The zero-order chi connectivity index (χ0) is 14.4. The Bertz CT molecular complexity index is 565. The maximum Gasteiger partial charge on any atom is 0.311 e. The minimum absolute atomic E-state index is 0.233. The highest BCUT2D eigenvalue weighted by Crippen LogP contribution is 2.16. The number of carbonyl (C=O) groups is 1. The van der Waals surface area contributed by atoms with Gasteiger partial charge in [0.15, 0.2) is 5.13 Å². The number of aryl methyl sites for hydroxylation is 1. The highest BCUT2D eigenvalue weighted by atomic mass is 32.1. The fraction of sp³-hybridized carbons (Fsp3) is 0.462. The largest absolute Gasteiger partial charge is 0.466 e. The van der Waals surface area contributed by atoms with Crippen LogP contribution in [0.25, 0.3) is 0 Å². The number of esters is 1. The van der Waals surface area contributed by atoms with Crippen LogP contribution in [0, 0.1) is 6.92 Å². The standard InChI is InChI=1S/C13H17N3O2S2/c1-3-18-12(17)6-11-8-20-13(16-11)14-5-4-10-7-19-9(2)15-10/h7-8H,3-6H2,1-2H3,(H,14,16). The smallest absolute Gasteiger partial charge is 0.311 e. The lowest BCUT2D eigenvalue weighted by Crippen LogP contribution is -2.08. The van der Waals surface area contributed by atoms with Gasteiger partial charge in [0, 0.05) is 23.7 Å². The third-order valence-electron chi connectivity index (χ3n) is 2.51. The summed E-state index contributed by atoms with van der Waals surface area (Å²) in [7, 11) is 0. The number of carbonyl (C=O) groups excluding carboxylic acids is 1. The normalized spacial score (nSPS) is 10.5. The van der Waals surface area contributed by atoms with Crippen LogP contribution in [0.15, 0.2) is 10.8 Å². The van der Waals surface area contributed by atoms with E-state index in [2.05, 4.69) is 20.7 Å². The molecule has 0 amide bonds. The van der Waals surface area contributed by atoms with E-state index in [0.29, 0.717) is 6.61 Å². The van der Waals surface area contributed by atoms with E-state index in [9.17, 15) is 4.79 Å². The van der Waals surface area contributed by atoms with Gasteiger partial charge in [0.25, 0.3) is 0 Å². The van der Waals surface area contributed by atoms with Gasteiger partial charge < -0.3 is 10.1 Å². The summed E-state index contributed by atoms with van der Waals surface area (Å²) in [6.45, 7) is 4.99. The lowest BCUT2D eigenvalue weighted by molar-refractivity contribution is -0.142. The van der Waals surface area contributed by atoms with Gasteiger partial charge in [0.2, 0.25) is 0 Å². The van der Waals surface area contributed by atoms with Gasteiger partial charge in [-0.15, -0.1) is 22.7 Å². The highest BCUT2D eigenvalue weighted by Gasteiger charge is 2.08. The van der Waals surface area contributed by atoms with E-state index in [4.69, 9.17) is 4.74 Å². The van der Waals surface area contributed by atoms with Crippen LogP contribution in [0.5, 0.6) is 0 Å². The van der Waals surface area contributed by atoms with Crippen molar-refractivity contribution in [3.63, 3.8) is 0 Å². The lowest BCUT2D eigenvalue weighted by atomic mass is 10.3. The SMILES string of the molecule is CCOC(=O)Cc1csc(NCCc2csc(C)n2)n1. The minimum atomic E-state index is -0.234. The number of nitrogens with one attached hydrogen (secondary N) is 1. The molecule has 20 heavy (non-hydrogen) atoms. The molecule has 0 bridgehead atoms. The second kappa shape index (κ2) is 7.35. The number of thiazole rings is 2. The van der Waals surface area contributed by atoms with Crippen molar-refractivity contribution in [1.29, 1.82) is 0 Å². The minimum Gasteiger partial charge on any atom is -0.466 e. The predicted molar refractivity (Wildman–Crippen MR) is 81.5 cm³/mol. The molecule has 0 radical (unpaired) electrons.